The normalized spacial score (nSPS) is 24.1. The maximum Gasteiger partial charge on any atom is 0.260 e. The highest BCUT2D eigenvalue weighted by atomic mass is 32.2. The van der Waals surface area contributed by atoms with Crippen molar-refractivity contribution in [3.8, 4) is 0 Å². The summed E-state index contributed by atoms with van der Waals surface area (Å²) in [5.74, 6) is -0.746. The molecule has 3 rings (SSSR count). The van der Waals surface area contributed by atoms with Crippen LogP contribution >= 0.6 is 0 Å². The molecule has 8 heteroatoms. The molecule has 1 spiro atoms. The van der Waals surface area contributed by atoms with Gasteiger partial charge in [0.25, 0.3) is 10.0 Å². The van der Waals surface area contributed by atoms with Crippen LogP contribution in [0.3, 0.4) is 0 Å². The summed E-state index contributed by atoms with van der Waals surface area (Å²) in [6, 6.07) is 1.51. The Morgan fingerprint density at radius 2 is 2.11 bits per heavy atom. The maximum atomic E-state index is 12.6. The van der Waals surface area contributed by atoms with Gasteiger partial charge in [-0.2, -0.15) is 9.40 Å². The van der Waals surface area contributed by atoms with Gasteiger partial charge in [0.05, 0.1) is 26.0 Å². The number of rotatable bonds is 2. The summed E-state index contributed by atoms with van der Waals surface area (Å²) in [5.41, 5.74) is 0. The van der Waals surface area contributed by atoms with Crippen LogP contribution in [0.15, 0.2) is 17.3 Å². The summed E-state index contributed by atoms with van der Waals surface area (Å²) in [5, 5.41) is 4.11. The zero-order valence-corrected chi connectivity index (χ0v) is 11.6. The molecule has 19 heavy (non-hydrogen) atoms. The van der Waals surface area contributed by atoms with Crippen molar-refractivity contribution in [2.75, 3.05) is 26.3 Å². The summed E-state index contributed by atoms with van der Waals surface area (Å²) in [6.07, 6.45) is 2.96. The molecule has 0 saturated carbocycles. The van der Waals surface area contributed by atoms with Crippen molar-refractivity contribution in [1.82, 2.24) is 14.1 Å². The summed E-state index contributed by atoms with van der Waals surface area (Å²) in [6.45, 7) is 1.79. The topological polar surface area (TPSA) is 73.7 Å². The molecule has 2 aliphatic rings. The number of nitrogens with zero attached hydrogens (tertiary/aromatic N) is 3. The molecule has 0 amide bonds. The monoisotopic (exact) mass is 287 g/mol. The highest BCUT2D eigenvalue weighted by Gasteiger charge is 2.44. The molecule has 0 atom stereocenters. The molecule has 3 heterocycles. The minimum atomic E-state index is -3.54. The van der Waals surface area contributed by atoms with Crippen LogP contribution in [-0.4, -0.2) is 54.6 Å². The van der Waals surface area contributed by atoms with Crippen LogP contribution in [0.1, 0.15) is 12.8 Å². The molecule has 106 valence electrons. The van der Waals surface area contributed by atoms with E-state index in [1.165, 1.54) is 21.3 Å². The van der Waals surface area contributed by atoms with Gasteiger partial charge in [0.15, 0.2) is 10.8 Å². The third-order valence-corrected chi connectivity index (χ3v) is 5.50. The van der Waals surface area contributed by atoms with Gasteiger partial charge in [-0.3, -0.25) is 4.68 Å². The first kappa shape index (κ1) is 13.0. The molecule has 2 aliphatic heterocycles. The lowest BCUT2D eigenvalue weighted by Crippen LogP contribution is -2.51. The molecule has 0 N–H and O–H groups in total. The van der Waals surface area contributed by atoms with E-state index in [4.69, 9.17) is 9.47 Å². The Morgan fingerprint density at radius 3 is 2.74 bits per heavy atom. The molecule has 0 radical (unpaired) electrons. The molecule has 0 aliphatic carbocycles. The van der Waals surface area contributed by atoms with Crippen LogP contribution in [-0.2, 0) is 26.5 Å². The van der Waals surface area contributed by atoms with E-state index >= 15 is 0 Å². The largest absolute Gasteiger partial charge is 0.346 e. The van der Waals surface area contributed by atoms with Crippen molar-refractivity contribution in [1.29, 1.82) is 0 Å². The van der Waals surface area contributed by atoms with Crippen molar-refractivity contribution in [2.45, 2.75) is 23.7 Å². The maximum absolute atomic E-state index is 12.6. The lowest BCUT2D eigenvalue weighted by atomic mass is 10.1. The van der Waals surface area contributed by atoms with Crippen molar-refractivity contribution in [3.05, 3.63) is 12.3 Å². The molecular formula is C11H17N3O4S. The second-order valence-electron chi connectivity index (χ2n) is 4.84. The van der Waals surface area contributed by atoms with E-state index < -0.39 is 15.8 Å². The molecule has 2 fully saturated rings. The summed E-state index contributed by atoms with van der Waals surface area (Å²) < 4.78 is 39.1. The van der Waals surface area contributed by atoms with Gasteiger partial charge in [0.1, 0.15) is 0 Å². The first-order valence-electron chi connectivity index (χ1n) is 6.30. The van der Waals surface area contributed by atoms with E-state index in [0.717, 1.165) is 12.8 Å². The average Bonchev–Trinajstić information content (AvgIpc) is 2.99. The highest BCUT2D eigenvalue weighted by molar-refractivity contribution is 7.89. The number of sulfonamides is 1. The minimum Gasteiger partial charge on any atom is -0.346 e. The predicted molar refractivity (Wildman–Crippen MR) is 65.8 cm³/mol. The lowest BCUT2D eigenvalue weighted by molar-refractivity contribution is -0.179. The fourth-order valence-electron chi connectivity index (χ4n) is 2.64. The van der Waals surface area contributed by atoms with Gasteiger partial charge in [-0.05, 0) is 12.5 Å². The van der Waals surface area contributed by atoms with Crippen LogP contribution in [0.5, 0.6) is 0 Å². The number of hydrogen-bond acceptors (Lipinski definition) is 5. The number of aryl methyl sites for hydroxylation is 1. The van der Waals surface area contributed by atoms with Gasteiger partial charge in [0.2, 0.25) is 0 Å². The smallest absolute Gasteiger partial charge is 0.260 e. The van der Waals surface area contributed by atoms with Crippen LogP contribution in [0.2, 0.25) is 0 Å². The first-order valence-corrected chi connectivity index (χ1v) is 7.74. The molecule has 2 saturated heterocycles. The van der Waals surface area contributed by atoms with Crippen molar-refractivity contribution >= 4 is 10.0 Å². The summed E-state index contributed by atoms with van der Waals surface area (Å²) >= 11 is 0. The number of hydrogen-bond donors (Lipinski definition) is 0. The lowest BCUT2D eigenvalue weighted by Gasteiger charge is -2.37. The summed E-state index contributed by atoms with van der Waals surface area (Å²) in [7, 11) is -1.92. The molecular weight excluding hydrogens is 270 g/mol. The molecule has 0 bridgehead atoms. The third kappa shape index (κ3) is 2.18. The van der Waals surface area contributed by atoms with E-state index in [0.29, 0.717) is 19.8 Å². The van der Waals surface area contributed by atoms with E-state index in [1.807, 2.05) is 0 Å². The van der Waals surface area contributed by atoms with Crippen LogP contribution < -0.4 is 0 Å². The Balaban J connectivity index is 1.87. The Kier molecular flexibility index (Phi) is 3.12. The highest BCUT2D eigenvalue weighted by Crippen LogP contribution is 2.32. The second-order valence-corrected chi connectivity index (χ2v) is 6.73. The van der Waals surface area contributed by atoms with Gasteiger partial charge in [-0.1, -0.05) is 0 Å². The fraction of sp³-hybridized carbons (Fsp3) is 0.727. The minimum absolute atomic E-state index is 0.197. The van der Waals surface area contributed by atoms with E-state index in [2.05, 4.69) is 5.10 Å². The molecule has 0 aromatic carbocycles. The molecule has 1 aromatic heterocycles. The SMILES string of the molecule is Cn1nccc1S(=O)(=O)N1CCCC2(C1)OCCO2. The summed E-state index contributed by atoms with van der Waals surface area (Å²) in [4.78, 5) is 0. The Hall–Kier alpha value is -0.960. The van der Waals surface area contributed by atoms with Crippen LogP contribution in [0.25, 0.3) is 0 Å². The third-order valence-electron chi connectivity index (χ3n) is 3.58. The van der Waals surface area contributed by atoms with Crippen LogP contribution in [0.4, 0.5) is 0 Å². The number of aromatic nitrogens is 2. The number of piperidine rings is 1. The fourth-order valence-corrected chi connectivity index (χ4v) is 4.25. The quantitative estimate of drug-likeness (QED) is 0.762. The van der Waals surface area contributed by atoms with Gasteiger partial charge >= 0.3 is 0 Å². The van der Waals surface area contributed by atoms with E-state index in [9.17, 15) is 8.42 Å². The van der Waals surface area contributed by atoms with Crippen molar-refractivity contribution in [2.24, 2.45) is 7.05 Å². The van der Waals surface area contributed by atoms with Gasteiger partial charge in [-0.25, -0.2) is 8.42 Å². The van der Waals surface area contributed by atoms with Gasteiger partial charge in [0, 0.05) is 20.0 Å². The first-order chi connectivity index (χ1) is 9.04. The Morgan fingerprint density at radius 1 is 1.37 bits per heavy atom. The van der Waals surface area contributed by atoms with Crippen molar-refractivity contribution < 1.29 is 17.9 Å². The molecule has 0 unspecified atom stereocenters. The Bertz CT molecular complexity index is 562. The van der Waals surface area contributed by atoms with Gasteiger partial charge in [-0.15, -0.1) is 0 Å². The average molecular weight is 287 g/mol. The standard InChI is InChI=1S/C11H17N3O4S/c1-13-10(3-5-12-13)19(15,16)14-6-2-4-11(9-14)17-7-8-18-11/h3,5H,2,4,6-9H2,1H3. The van der Waals surface area contributed by atoms with E-state index in [-0.39, 0.29) is 11.6 Å². The zero-order valence-electron chi connectivity index (χ0n) is 10.8. The second kappa shape index (κ2) is 4.55. The zero-order chi connectivity index (χ0) is 13.5. The molecule has 7 nitrogen and oxygen atoms in total. The molecule has 1 aromatic rings. The van der Waals surface area contributed by atoms with Gasteiger partial charge < -0.3 is 9.47 Å². The Labute approximate surface area is 112 Å². The van der Waals surface area contributed by atoms with Crippen molar-refractivity contribution in [3.63, 3.8) is 0 Å². The van der Waals surface area contributed by atoms with E-state index in [1.54, 1.807) is 7.05 Å². The van der Waals surface area contributed by atoms with Crippen LogP contribution in [0, 0.1) is 0 Å². The predicted octanol–water partition coefficient (Wildman–Crippen LogP) is -0.0523. The number of ether oxygens (including phenoxy) is 2.